The van der Waals surface area contributed by atoms with E-state index in [9.17, 15) is 0 Å². The van der Waals surface area contributed by atoms with Gasteiger partial charge >= 0.3 is 0 Å². The molecule has 0 aliphatic carbocycles. The lowest BCUT2D eigenvalue weighted by Crippen LogP contribution is -2.40. The van der Waals surface area contributed by atoms with E-state index in [0.717, 1.165) is 22.4 Å². The average Bonchev–Trinajstić information content (AvgIpc) is 3.20. The van der Waals surface area contributed by atoms with Crippen LogP contribution in [-0.4, -0.2) is 11.2 Å². The van der Waals surface area contributed by atoms with Crippen LogP contribution in [0, 0.1) is 6.92 Å². The summed E-state index contributed by atoms with van der Waals surface area (Å²) < 4.78 is 10.5. The van der Waals surface area contributed by atoms with E-state index in [1.807, 2.05) is 18.2 Å². The van der Waals surface area contributed by atoms with Gasteiger partial charge in [0.2, 0.25) is 5.82 Å². The summed E-state index contributed by atoms with van der Waals surface area (Å²) in [6, 6.07) is 15.0. The van der Waals surface area contributed by atoms with Gasteiger partial charge in [0.25, 0.3) is 5.82 Å². The molecular weight excluding hydrogens is 360 g/mol. The highest BCUT2D eigenvalue weighted by Gasteiger charge is 2.25. The maximum Gasteiger partial charge on any atom is 0.254 e. The van der Waals surface area contributed by atoms with E-state index in [4.69, 9.17) is 4.42 Å². The number of nitrogens with one attached hydrogen (secondary N) is 2. The van der Waals surface area contributed by atoms with Gasteiger partial charge in [-0.25, -0.2) is 9.13 Å². The Morgan fingerprint density at radius 3 is 2.52 bits per heavy atom. The van der Waals surface area contributed by atoms with Gasteiger partial charge in [-0.2, -0.15) is 0 Å². The van der Waals surface area contributed by atoms with Crippen molar-refractivity contribution in [3.05, 3.63) is 60.0 Å². The lowest BCUT2D eigenvalue weighted by atomic mass is 9.90. The Labute approximate surface area is 172 Å². The second-order valence-electron chi connectivity index (χ2n) is 8.55. The van der Waals surface area contributed by atoms with Crippen LogP contribution in [0.1, 0.15) is 45.1 Å². The highest BCUT2D eigenvalue weighted by atomic mass is 16.3. The molecule has 0 aliphatic rings. The minimum atomic E-state index is -0.229. The molecule has 0 atom stereocenters. The standard InChI is InChI=1S/C24H31N4O/c1-16(2)28-14-22(27(6)17(28)3)25-15-26-24(4,5)19-11-9-13-21-23(19)18-10-7-8-12-20(18)29-21/h7-14,16,25-26H,15H2,1-6H3/q+1. The van der Waals surface area contributed by atoms with Crippen molar-refractivity contribution in [2.45, 2.75) is 46.2 Å². The normalized spacial score (nSPS) is 12.4. The van der Waals surface area contributed by atoms with Gasteiger partial charge in [-0.1, -0.05) is 30.3 Å². The molecule has 29 heavy (non-hydrogen) atoms. The van der Waals surface area contributed by atoms with Crippen molar-refractivity contribution in [2.24, 2.45) is 7.05 Å². The highest BCUT2D eigenvalue weighted by Crippen LogP contribution is 2.35. The summed E-state index contributed by atoms with van der Waals surface area (Å²) in [4.78, 5) is 0. The molecule has 2 aromatic carbocycles. The number of furan rings is 1. The third-order valence-corrected chi connectivity index (χ3v) is 5.91. The van der Waals surface area contributed by atoms with Gasteiger partial charge in [0.15, 0.2) is 6.20 Å². The zero-order chi connectivity index (χ0) is 20.8. The zero-order valence-corrected chi connectivity index (χ0v) is 18.2. The van der Waals surface area contributed by atoms with Crippen molar-refractivity contribution in [2.75, 3.05) is 12.0 Å². The fourth-order valence-electron chi connectivity index (χ4n) is 4.09. The van der Waals surface area contributed by atoms with Crippen molar-refractivity contribution in [3.63, 3.8) is 0 Å². The quantitative estimate of drug-likeness (QED) is 0.359. The smallest absolute Gasteiger partial charge is 0.254 e. The number of anilines is 1. The molecule has 0 saturated carbocycles. The van der Waals surface area contributed by atoms with Gasteiger partial charge in [-0.05, 0) is 45.4 Å². The summed E-state index contributed by atoms with van der Waals surface area (Å²) in [6.45, 7) is 11.6. The minimum absolute atomic E-state index is 0.229. The van der Waals surface area contributed by atoms with E-state index < -0.39 is 0 Å². The number of hydrogen-bond donors (Lipinski definition) is 2. The number of para-hydroxylation sites is 1. The Bertz CT molecular complexity index is 1170. The van der Waals surface area contributed by atoms with E-state index in [-0.39, 0.29) is 5.54 Å². The van der Waals surface area contributed by atoms with Crippen molar-refractivity contribution in [1.29, 1.82) is 0 Å². The molecule has 0 fully saturated rings. The summed E-state index contributed by atoms with van der Waals surface area (Å²) in [5.41, 5.74) is 2.87. The molecule has 0 unspecified atom stereocenters. The van der Waals surface area contributed by atoms with Crippen LogP contribution in [0.4, 0.5) is 5.82 Å². The van der Waals surface area contributed by atoms with E-state index in [1.54, 1.807) is 0 Å². The molecule has 4 aromatic rings. The highest BCUT2D eigenvalue weighted by molar-refractivity contribution is 6.07. The average molecular weight is 392 g/mol. The van der Waals surface area contributed by atoms with Crippen molar-refractivity contribution < 1.29 is 8.98 Å². The van der Waals surface area contributed by atoms with Gasteiger partial charge in [0.1, 0.15) is 11.2 Å². The van der Waals surface area contributed by atoms with Crippen molar-refractivity contribution >= 4 is 27.8 Å². The van der Waals surface area contributed by atoms with Crippen molar-refractivity contribution in [3.8, 4) is 0 Å². The first-order valence-corrected chi connectivity index (χ1v) is 10.3. The van der Waals surface area contributed by atoms with Crippen LogP contribution in [0.25, 0.3) is 21.9 Å². The van der Waals surface area contributed by atoms with Gasteiger partial charge < -0.3 is 9.73 Å². The first-order chi connectivity index (χ1) is 13.8. The molecule has 4 rings (SSSR count). The topological polar surface area (TPSA) is 46.0 Å². The van der Waals surface area contributed by atoms with Gasteiger partial charge in [0.05, 0.1) is 19.8 Å². The summed E-state index contributed by atoms with van der Waals surface area (Å²) in [7, 11) is 2.10. The van der Waals surface area contributed by atoms with Crippen LogP contribution in [0.5, 0.6) is 0 Å². The van der Waals surface area contributed by atoms with Gasteiger partial charge in [0, 0.05) is 23.2 Å². The molecule has 2 heterocycles. The van der Waals surface area contributed by atoms with Crippen LogP contribution in [0.2, 0.25) is 0 Å². The first-order valence-electron chi connectivity index (χ1n) is 10.3. The Kier molecular flexibility index (Phi) is 4.87. The Balaban J connectivity index is 1.59. The fourth-order valence-corrected chi connectivity index (χ4v) is 4.09. The van der Waals surface area contributed by atoms with E-state index in [2.05, 4.69) is 91.9 Å². The molecule has 5 nitrogen and oxygen atoms in total. The first kappa shape index (κ1) is 19.5. The van der Waals surface area contributed by atoms with E-state index >= 15 is 0 Å². The largest absolute Gasteiger partial charge is 0.456 e. The molecule has 152 valence electrons. The molecule has 0 bridgehead atoms. The monoisotopic (exact) mass is 391 g/mol. The third kappa shape index (κ3) is 3.40. The third-order valence-electron chi connectivity index (χ3n) is 5.91. The number of rotatable bonds is 6. The summed E-state index contributed by atoms with van der Waals surface area (Å²) in [5.74, 6) is 2.34. The van der Waals surface area contributed by atoms with Crippen LogP contribution in [-0.2, 0) is 12.6 Å². The summed E-state index contributed by atoms with van der Waals surface area (Å²) >= 11 is 0. The number of fused-ring (bicyclic) bond motifs is 3. The molecule has 0 amide bonds. The van der Waals surface area contributed by atoms with Crippen LogP contribution in [0.3, 0.4) is 0 Å². The van der Waals surface area contributed by atoms with E-state index in [1.165, 1.54) is 16.8 Å². The van der Waals surface area contributed by atoms with Crippen LogP contribution >= 0.6 is 0 Å². The molecule has 0 radical (unpaired) electrons. The number of hydrogen-bond acceptors (Lipinski definition) is 3. The predicted octanol–water partition coefficient (Wildman–Crippen LogP) is 5.00. The van der Waals surface area contributed by atoms with Crippen LogP contribution < -0.4 is 15.2 Å². The van der Waals surface area contributed by atoms with Gasteiger partial charge in [-0.3, -0.25) is 5.32 Å². The number of aromatic nitrogens is 2. The van der Waals surface area contributed by atoms with Gasteiger partial charge in [-0.15, -0.1) is 0 Å². The minimum Gasteiger partial charge on any atom is -0.456 e. The number of benzene rings is 2. The Morgan fingerprint density at radius 2 is 1.79 bits per heavy atom. The second-order valence-corrected chi connectivity index (χ2v) is 8.55. The molecule has 2 aromatic heterocycles. The number of nitrogens with zero attached hydrogens (tertiary/aromatic N) is 2. The van der Waals surface area contributed by atoms with Crippen LogP contribution in [0.15, 0.2) is 53.1 Å². The Hall–Kier alpha value is -2.79. The van der Waals surface area contributed by atoms with Crippen molar-refractivity contribution in [1.82, 2.24) is 9.88 Å². The SMILES string of the molecule is Cc1n(C)c(NCNC(C)(C)c2cccc3oc4ccccc4c23)c[n+]1C(C)C. The molecule has 0 saturated heterocycles. The fraction of sp³-hybridized carbons (Fsp3) is 0.375. The maximum atomic E-state index is 6.07. The maximum absolute atomic E-state index is 6.07. The molecule has 5 heteroatoms. The van der Waals surface area contributed by atoms with E-state index in [0.29, 0.717) is 12.7 Å². The molecule has 2 N–H and O–H groups in total. The Morgan fingerprint density at radius 1 is 1.07 bits per heavy atom. The molecule has 0 spiro atoms. The summed E-state index contributed by atoms with van der Waals surface area (Å²) in [5, 5.41) is 9.57. The zero-order valence-electron chi connectivity index (χ0n) is 18.2. The molecular formula is C24H31N4O+. The molecule has 0 aliphatic heterocycles. The predicted molar refractivity (Wildman–Crippen MR) is 119 cm³/mol. The lowest BCUT2D eigenvalue weighted by Gasteiger charge is -2.28. The second kappa shape index (κ2) is 7.23. The summed E-state index contributed by atoms with van der Waals surface area (Å²) in [6.07, 6.45) is 2.18. The lowest BCUT2D eigenvalue weighted by molar-refractivity contribution is -0.721. The number of imidazole rings is 1.